The van der Waals surface area contributed by atoms with E-state index in [1.807, 2.05) is 13.8 Å². The zero-order chi connectivity index (χ0) is 17.1. The molecule has 0 aliphatic heterocycles. The Labute approximate surface area is 136 Å². The highest BCUT2D eigenvalue weighted by Gasteiger charge is 2.19. The predicted molar refractivity (Wildman–Crippen MR) is 90.1 cm³/mol. The molecule has 23 heavy (non-hydrogen) atoms. The van der Waals surface area contributed by atoms with Crippen LogP contribution < -0.4 is 10.6 Å². The maximum absolute atomic E-state index is 14.4. The van der Waals surface area contributed by atoms with Gasteiger partial charge in [-0.2, -0.15) is 0 Å². The number of nitrogens with two attached hydrogens (primary N) is 1. The van der Waals surface area contributed by atoms with Gasteiger partial charge in [0.25, 0.3) is 0 Å². The number of rotatable bonds is 5. The van der Waals surface area contributed by atoms with Gasteiger partial charge in [-0.1, -0.05) is 18.6 Å². The number of phenols is 1. The van der Waals surface area contributed by atoms with E-state index in [4.69, 9.17) is 5.73 Å². The van der Waals surface area contributed by atoms with Crippen LogP contribution in [0.5, 0.6) is 5.75 Å². The number of aryl methyl sites for hydroxylation is 2. The monoisotopic (exact) mass is 318 g/mol. The largest absolute Gasteiger partial charge is 0.507 e. The fraction of sp³-hybridized carbons (Fsp3) is 0.412. The van der Waals surface area contributed by atoms with Crippen molar-refractivity contribution in [2.45, 2.75) is 33.2 Å². The Balaban J connectivity index is 2.49. The van der Waals surface area contributed by atoms with Gasteiger partial charge in [0, 0.05) is 19.6 Å². The molecule has 1 aromatic carbocycles. The van der Waals surface area contributed by atoms with Gasteiger partial charge in [-0.3, -0.25) is 0 Å². The van der Waals surface area contributed by atoms with E-state index in [1.54, 1.807) is 37.1 Å². The van der Waals surface area contributed by atoms with Crippen molar-refractivity contribution in [1.29, 1.82) is 0 Å². The summed E-state index contributed by atoms with van der Waals surface area (Å²) in [4.78, 5) is 10.2. The van der Waals surface area contributed by atoms with Gasteiger partial charge in [0.15, 0.2) is 17.5 Å². The maximum Gasteiger partial charge on any atom is 0.186 e. The average Bonchev–Trinajstić information content (AvgIpc) is 2.51. The number of aromatic hydroxyl groups is 1. The standard InChI is InChI=1S/C17H23FN4O/c1-5-12(19)9-22(4)17-15(18)11(3)20-16(21-17)13-8-10(2)6-7-14(13)23/h6-8,12,23H,5,9,19H2,1-4H3/t12-/m1/s1. The van der Waals surface area contributed by atoms with E-state index in [9.17, 15) is 9.50 Å². The normalized spacial score (nSPS) is 12.3. The van der Waals surface area contributed by atoms with Crippen molar-refractivity contribution in [2.24, 2.45) is 5.73 Å². The first-order valence-electron chi connectivity index (χ1n) is 7.64. The molecule has 1 atom stereocenters. The van der Waals surface area contributed by atoms with E-state index in [0.29, 0.717) is 17.9 Å². The zero-order valence-electron chi connectivity index (χ0n) is 14.0. The van der Waals surface area contributed by atoms with Gasteiger partial charge in [0.05, 0.1) is 11.3 Å². The second kappa shape index (κ2) is 6.91. The van der Waals surface area contributed by atoms with Gasteiger partial charge in [0.2, 0.25) is 0 Å². The third-order valence-corrected chi connectivity index (χ3v) is 3.79. The second-order valence-corrected chi connectivity index (χ2v) is 5.84. The molecule has 0 saturated heterocycles. The van der Waals surface area contributed by atoms with E-state index in [2.05, 4.69) is 9.97 Å². The minimum Gasteiger partial charge on any atom is -0.507 e. The summed E-state index contributed by atoms with van der Waals surface area (Å²) in [5, 5.41) is 10.1. The molecule has 6 heteroatoms. The van der Waals surface area contributed by atoms with Gasteiger partial charge in [-0.05, 0) is 32.4 Å². The topological polar surface area (TPSA) is 75.3 Å². The Hall–Kier alpha value is -2.21. The van der Waals surface area contributed by atoms with Crippen molar-refractivity contribution >= 4 is 5.82 Å². The maximum atomic E-state index is 14.4. The Morgan fingerprint density at radius 3 is 2.65 bits per heavy atom. The van der Waals surface area contributed by atoms with Gasteiger partial charge in [-0.25, -0.2) is 14.4 Å². The van der Waals surface area contributed by atoms with Crippen LogP contribution in [0.1, 0.15) is 24.6 Å². The van der Waals surface area contributed by atoms with Crippen molar-refractivity contribution in [3.8, 4) is 17.1 Å². The highest BCUT2D eigenvalue weighted by atomic mass is 19.1. The molecule has 0 bridgehead atoms. The average molecular weight is 318 g/mol. The van der Waals surface area contributed by atoms with E-state index in [0.717, 1.165) is 12.0 Å². The summed E-state index contributed by atoms with van der Waals surface area (Å²) in [7, 11) is 1.75. The number of phenolic OH excluding ortho intramolecular Hbond substituents is 1. The molecule has 0 radical (unpaired) electrons. The molecule has 0 spiro atoms. The molecule has 0 amide bonds. The van der Waals surface area contributed by atoms with Crippen molar-refractivity contribution in [3.05, 3.63) is 35.3 Å². The summed E-state index contributed by atoms with van der Waals surface area (Å²) >= 11 is 0. The molecule has 0 fully saturated rings. The minimum absolute atomic E-state index is 0.0644. The molecule has 1 heterocycles. The van der Waals surface area contributed by atoms with E-state index >= 15 is 0 Å². The van der Waals surface area contributed by atoms with E-state index < -0.39 is 5.82 Å². The van der Waals surface area contributed by atoms with Crippen LogP contribution in [0.25, 0.3) is 11.4 Å². The first-order valence-corrected chi connectivity index (χ1v) is 7.64. The molecule has 124 valence electrons. The van der Waals surface area contributed by atoms with Crippen LogP contribution in [0.2, 0.25) is 0 Å². The molecule has 3 N–H and O–H groups in total. The number of anilines is 1. The van der Waals surface area contributed by atoms with E-state index in [1.165, 1.54) is 0 Å². The van der Waals surface area contributed by atoms with Crippen LogP contribution in [0.4, 0.5) is 10.2 Å². The highest BCUT2D eigenvalue weighted by Crippen LogP contribution is 2.30. The van der Waals surface area contributed by atoms with Crippen LogP contribution in [-0.4, -0.2) is 34.7 Å². The Morgan fingerprint density at radius 2 is 2.00 bits per heavy atom. The van der Waals surface area contributed by atoms with Crippen molar-refractivity contribution < 1.29 is 9.50 Å². The Bertz CT molecular complexity index is 705. The summed E-state index contributed by atoms with van der Waals surface area (Å²) in [5.74, 6) is 0.0986. The van der Waals surface area contributed by atoms with Crippen LogP contribution in [0.15, 0.2) is 18.2 Å². The summed E-state index contributed by atoms with van der Waals surface area (Å²) in [6.07, 6.45) is 0.793. The number of hydrogen-bond donors (Lipinski definition) is 2. The first-order chi connectivity index (χ1) is 10.8. The number of hydrogen-bond acceptors (Lipinski definition) is 5. The SMILES string of the molecule is CC[C@@H](N)CN(C)c1nc(-c2cc(C)ccc2O)nc(C)c1F. The number of likely N-dealkylation sites (N-methyl/N-ethyl adjacent to an activating group) is 1. The summed E-state index contributed by atoms with van der Waals surface area (Å²) in [5.41, 5.74) is 7.64. The second-order valence-electron chi connectivity index (χ2n) is 5.84. The molecule has 5 nitrogen and oxygen atoms in total. The third-order valence-electron chi connectivity index (χ3n) is 3.79. The summed E-state index contributed by atoms with van der Waals surface area (Å²) < 4.78 is 14.4. The first kappa shape index (κ1) is 17.1. The molecule has 0 aliphatic carbocycles. The fourth-order valence-corrected chi connectivity index (χ4v) is 2.31. The molecule has 0 saturated carbocycles. The fourth-order valence-electron chi connectivity index (χ4n) is 2.31. The van der Waals surface area contributed by atoms with Crippen LogP contribution in [0, 0.1) is 19.7 Å². The lowest BCUT2D eigenvalue weighted by Gasteiger charge is -2.23. The third kappa shape index (κ3) is 3.76. The molecule has 1 aromatic heterocycles. The molecular formula is C17H23FN4O. The van der Waals surface area contributed by atoms with E-state index in [-0.39, 0.29) is 23.3 Å². The molecular weight excluding hydrogens is 295 g/mol. The smallest absolute Gasteiger partial charge is 0.186 e. The van der Waals surface area contributed by atoms with Crippen LogP contribution in [-0.2, 0) is 0 Å². The van der Waals surface area contributed by atoms with Crippen molar-refractivity contribution in [2.75, 3.05) is 18.5 Å². The van der Waals surface area contributed by atoms with Gasteiger partial charge >= 0.3 is 0 Å². The zero-order valence-corrected chi connectivity index (χ0v) is 14.0. The highest BCUT2D eigenvalue weighted by molar-refractivity contribution is 5.66. The van der Waals surface area contributed by atoms with Crippen molar-refractivity contribution in [1.82, 2.24) is 9.97 Å². The van der Waals surface area contributed by atoms with Gasteiger partial charge < -0.3 is 15.7 Å². The molecule has 2 rings (SSSR count). The number of halogens is 1. The molecule has 0 unspecified atom stereocenters. The number of nitrogens with zero attached hydrogens (tertiary/aromatic N) is 3. The van der Waals surface area contributed by atoms with Crippen molar-refractivity contribution in [3.63, 3.8) is 0 Å². The summed E-state index contributed by atoms with van der Waals surface area (Å²) in [6, 6.07) is 5.10. The van der Waals surface area contributed by atoms with Gasteiger partial charge in [0.1, 0.15) is 5.75 Å². The van der Waals surface area contributed by atoms with Crippen LogP contribution >= 0.6 is 0 Å². The number of benzene rings is 1. The minimum atomic E-state index is -0.466. The Kier molecular flexibility index (Phi) is 5.15. The lowest BCUT2D eigenvalue weighted by atomic mass is 10.1. The van der Waals surface area contributed by atoms with Gasteiger partial charge in [-0.15, -0.1) is 0 Å². The lowest BCUT2D eigenvalue weighted by Crippen LogP contribution is -2.35. The lowest BCUT2D eigenvalue weighted by molar-refractivity contribution is 0.476. The Morgan fingerprint density at radius 1 is 1.30 bits per heavy atom. The summed E-state index contributed by atoms with van der Waals surface area (Å²) in [6.45, 7) is 5.97. The quantitative estimate of drug-likeness (QED) is 0.886. The van der Waals surface area contributed by atoms with Crippen LogP contribution in [0.3, 0.4) is 0 Å². The predicted octanol–water partition coefficient (Wildman–Crippen LogP) is 2.78. The molecule has 0 aliphatic rings. The number of aromatic nitrogens is 2. The molecule has 2 aromatic rings.